The first kappa shape index (κ1) is 10.2. The second kappa shape index (κ2) is 4.98. The molecule has 2 heterocycles. The molecule has 15 heavy (non-hydrogen) atoms. The quantitative estimate of drug-likeness (QED) is 0.817. The minimum Gasteiger partial charge on any atom is -0.493 e. The summed E-state index contributed by atoms with van der Waals surface area (Å²) < 4.78 is 10.9. The first-order chi connectivity index (χ1) is 7.34. The van der Waals surface area contributed by atoms with E-state index in [2.05, 4.69) is 4.98 Å². The fraction of sp³-hybridized carbons (Fsp3) is 0.545. The molecule has 1 aromatic rings. The van der Waals surface area contributed by atoms with Gasteiger partial charge >= 0.3 is 0 Å². The number of aromatic nitrogens is 1. The highest BCUT2D eigenvalue weighted by Gasteiger charge is 2.14. The summed E-state index contributed by atoms with van der Waals surface area (Å²) in [6, 6.07) is 3.58. The van der Waals surface area contributed by atoms with E-state index in [1.807, 2.05) is 6.07 Å². The van der Waals surface area contributed by atoms with E-state index in [-0.39, 0.29) is 0 Å². The predicted octanol–water partition coefficient (Wildman–Crippen LogP) is 1.47. The molecule has 1 aromatic heterocycles. The highest BCUT2D eigenvalue weighted by molar-refractivity contribution is 5.35. The van der Waals surface area contributed by atoms with E-state index in [0.717, 1.165) is 38.4 Å². The Morgan fingerprint density at radius 3 is 3.00 bits per heavy atom. The molecule has 2 N–H and O–H groups in total. The molecule has 2 rings (SSSR count). The molecule has 0 aliphatic carbocycles. The van der Waals surface area contributed by atoms with Crippen LogP contribution in [0.2, 0.25) is 0 Å². The van der Waals surface area contributed by atoms with Gasteiger partial charge in [0.15, 0.2) is 0 Å². The lowest BCUT2D eigenvalue weighted by atomic mass is 10.0. The number of nitrogens with two attached hydrogens (primary N) is 1. The number of pyridine rings is 1. The third-order valence-electron chi connectivity index (χ3n) is 2.58. The summed E-state index contributed by atoms with van der Waals surface area (Å²) in [7, 11) is 0. The van der Waals surface area contributed by atoms with Gasteiger partial charge in [-0.2, -0.15) is 0 Å². The normalized spacial score (nSPS) is 17.6. The van der Waals surface area contributed by atoms with Crippen LogP contribution >= 0.6 is 0 Å². The maximum atomic E-state index is 5.65. The van der Waals surface area contributed by atoms with Crippen LogP contribution in [0.1, 0.15) is 12.8 Å². The summed E-state index contributed by atoms with van der Waals surface area (Å²) >= 11 is 0. The van der Waals surface area contributed by atoms with Crippen molar-refractivity contribution in [2.45, 2.75) is 12.8 Å². The highest BCUT2D eigenvalue weighted by atomic mass is 16.5. The molecule has 0 atom stereocenters. The molecule has 1 saturated heterocycles. The zero-order chi connectivity index (χ0) is 10.5. The Morgan fingerprint density at radius 1 is 1.47 bits per heavy atom. The van der Waals surface area contributed by atoms with Gasteiger partial charge in [-0.15, -0.1) is 0 Å². The largest absolute Gasteiger partial charge is 0.493 e. The summed E-state index contributed by atoms with van der Waals surface area (Å²) in [4.78, 5) is 3.91. The standard InChI is InChI=1S/C11H16N2O2/c12-11-7-10(1-4-13-11)15-8-9-2-5-14-6-3-9/h1,4,7,9H,2-3,5-6,8H2,(H2,12,13). The van der Waals surface area contributed by atoms with Crippen molar-refractivity contribution in [1.29, 1.82) is 0 Å². The highest BCUT2D eigenvalue weighted by Crippen LogP contribution is 2.18. The summed E-state index contributed by atoms with van der Waals surface area (Å²) in [6.07, 6.45) is 3.83. The van der Waals surface area contributed by atoms with Gasteiger partial charge in [-0.05, 0) is 24.8 Å². The maximum absolute atomic E-state index is 5.65. The van der Waals surface area contributed by atoms with Crippen LogP contribution < -0.4 is 10.5 Å². The summed E-state index contributed by atoms with van der Waals surface area (Å²) in [5, 5.41) is 0. The third kappa shape index (κ3) is 3.09. The van der Waals surface area contributed by atoms with Gasteiger partial charge in [-0.25, -0.2) is 4.98 Å². The Bertz CT molecular complexity index is 311. The lowest BCUT2D eigenvalue weighted by Crippen LogP contribution is -2.21. The van der Waals surface area contributed by atoms with Gasteiger partial charge in [0.25, 0.3) is 0 Å². The van der Waals surface area contributed by atoms with Crippen molar-refractivity contribution in [3.05, 3.63) is 18.3 Å². The molecule has 1 aliphatic heterocycles. The number of hydrogen-bond acceptors (Lipinski definition) is 4. The van der Waals surface area contributed by atoms with Crippen molar-refractivity contribution in [2.75, 3.05) is 25.6 Å². The van der Waals surface area contributed by atoms with Crippen molar-refractivity contribution in [1.82, 2.24) is 4.98 Å². The number of anilines is 1. The molecular formula is C11H16N2O2. The molecule has 1 aliphatic rings. The molecule has 0 bridgehead atoms. The van der Waals surface area contributed by atoms with E-state index < -0.39 is 0 Å². The maximum Gasteiger partial charge on any atom is 0.126 e. The first-order valence-corrected chi connectivity index (χ1v) is 5.26. The number of ether oxygens (including phenoxy) is 2. The zero-order valence-electron chi connectivity index (χ0n) is 8.69. The van der Waals surface area contributed by atoms with Crippen molar-refractivity contribution >= 4 is 5.82 Å². The van der Waals surface area contributed by atoms with Crippen LogP contribution in [0, 0.1) is 5.92 Å². The van der Waals surface area contributed by atoms with Crippen LogP contribution in [0.4, 0.5) is 5.82 Å². The average molecular weight is 208 g/mol. The molecule has 4 nitrogen and oxygen atoms in total. The second-order valence-electron chi connectivity index (χ2n) is 3.78. The number of nitrogens with zero attached hydrogens (tertiary/aromatic N) is 1. The molecule has 0 unspecified atom stereocenters. The lowest BCUT2D eigenvalue weighted by Gasteiger charge is -2.22. The number of nitrogen functional groups attached to an aromatic ring is 1. The van der Waals surface area contributed by atoms with Crippen LogP contribution in [0.25, 0.3) is 0 Å². The minimum atomic E-state index is 0.500. The van der Waals surface area contributed by atoms with E-state index in [9.17, 15) is 0 Å². The molecule has 0 radical (unpaired) electrons. The van der Waals surface area contributed by atoms with Crippen molar-refractivity contribution in [3.8, 4) is 5.75 Å². The second-order valence-corrected chi connectivity index (χ2v) is 3.78. The monoisotopic (exact) mass is 208 g/mol. The molecule has 4 heteroatoms. The Morgan fingerprint density at radius 2 is 2.27 bits per heavy atom. The Hall–Kier alpha value is -1.29. The number of hydrogen-bond donors (Lipinski definition) is 1. The van der Waals surface area contributed by atoms with E-state index in [4.69, 9.17) is 15.2 Å². The van der Waals surface area contributed by atoms with E-state index in [0.29, 0.717) is 11.7 Å². The molecule has 0 aromatic carbocycles. The fourth-order valence-electron chi connectivity index (χ4n) is 1.64. The molecular weight excluding hydrogens is 192 g/mol. The van der Waals surface area contributed by atoms with Crippen molar-refractivity contribution in [3.63, 3.8) is 0 Å². The smallest absolute Gasteiger partial charge is 0.126 e. The van der Waals surface area contributed by atoms with Crippen LogP contribution in [0.5, 0.6) is 5.75 Å². The third-order valence-corrected chi connectivity index (χ3v) is 2.58. The minimum absolute atomic E-state index is 0.500. The van der Waals surface area contributed by atoms with Crippen LogP contribution in [-0.2, 0) is 4.74 Å². The van der Waals surface area contributed by atoms with Gasteiger partial charge in [0.1, 0.15) is 11.6 Å². The van der Waals surface area contributed by atoms with Gasteiger partial charge in [0.2, 0.25) is 0 Å². The van der Waals surface area contributed by atoms with Gasteiger partial charge in [-0.1, -0.05) is 0 Å². The van der Waals surface area contributed by atoms with Crippen molar-refractivity contribution in [2.24, 2.45) is 5.92 Å². The molecule has 82 valence electrons. The average Bonchev–Trinajstić information content (AvgIpc) is 2.28. The van der Waals surface area contributed by atoms with Gasteiger partial charge < -0.3 is 15.2 Å². The van der Waals surface area contributed by atoms with E-state index in [1.165, 1.54) is 0 Å². The lowest BCUT2D eigenvalue weighted by molar-refractivity contribution is 0.0497. The van der Waals surface area contributed by atoms with Gasteiger partial charge in [0.05, 0.1) is 6.61 Å². The van der Waals surface area contributed by atoms with E-state index >= 15 is 0 Å². The Kier molecular flexibility index (Phi) is 3.40. The zero-order valence-corrected chi connectivity index (χ0v) is 8.69. The van der Waals surface area contributed by atoms with E-state index in [1.54, 1.807) is 12.3 Å². The van der Waals surface area contributed by atoms with Crippen LogP contribution in [0.15, 0.2) is 18.3 Å². The van der Waals surface area contributed by atoms with Crippen LogP contribution in [0.3, 0.4) is 0 Å². The van der Waals surface area contributed by atoms with Gasteiger partial charge in [0, 0.05) is 25.5 Å². The molecule has 1 fully saturated rings. The summed E-state index contributed by atoms with van der Waals surface area (Å²) in [6.45, 7) is 2.45. The molecule has 0 saturated carbocycles. The fourth-order valence-corrected chi connectivity index (χ4v) is 1.64. The first-order valence-electron chi connectivity index (χ1n) is 5.26. The molecule has 0 amide bonds. The topological polar surface area (TPSA) is 57.4 Å². The Labute approximate surface area is 89.4 Å². The SMILES string of the molecule is Nc1cc(OCC2CCOCC2)ccn1. The van der Waals surface area contributed by atoms with Crippen molar-refractivity contribution < 1.29 is 9.47 Å². The van der Waals surface area contributed by atoms with Gasteiger partial charge in [-0.3, -0.25) is 0 Å². The van der Waals surface area contributed by atoms with Crippen LogP contribution in [-0.4, -0.2) is 24.8 Å². The number of rotatable bonds is 3. The molecule has 0 spiro atoms. The summed E-state index contributed by atoms with van der Waals surface area (Å²) in [5.74, 6) is 1.90. The summed E-state index contributed by atoms with van der Waals surface area (Å²) in [5.41, 5.74) is 5.56. The predicted molar refractivity (Wildman–Crippen MR) is 57.7 cm³/mol. The Balaban J connectivity index is 1.81.